The van der Waals surface area contributed by atoms with Gasteiger partial charge in [-0.2, -0.15) is 0 Å². The predicted octanol–water partition coefficient (Wildman–Crippen LogP) is 5.26. The zero-order valence-electron chi connectivity index (χ0n) is 10.7. The van der Waals surface area contributed by atoms with Crippen molar-refractivity contribution in [3.8, 4) is 0 Å². The van der Waals surface area contributed by atoms with Gasteiger partial charge >= 0.3 is 0 Å². The van der Waals surface area contributed by atoms with Crippen LogP contribution in [-0.4, -0.2) is 4.98 Å². The van der Waals surface area contributed by atoms with Crippen molar-refractivity contribution in [3.63, 3.8) is 0 Å². The van der Waals surface area contributed by atoms with Gasteiger partial charge in [0.2, 0.25) is 0 Å². The average molecular weight is 307 g/mol. The van der Waals surface area contributed by atoms with Crippen LogP contribution in [0.3, 0.4) is 0 Å². The Balaban J connectivity index is 1.85. The molecule has 102 valence electrons. The zero-order valence-corrected chi connectivity index (χ0v) is 12.3. The molecule has 1 unspecified atom stereocenters. The number of rotatable bonds is 3. The van der Waals surface area contributed by atoms with Crippen molar-refractivity contribution in [2.45, 2.75) is 13.0 Å². The molecule has 0 aliphatic rings. The van der Waals surface area contributed by atoms with Crippen LogP contribution in [0.15, 0.2) is 41.9 Å². The highest BCUT2D eigenvalue weighted by Gasteiger charge is 2.10. The van der Waals surface area contributed by atoms with E-state index in [9.17, 15) is 4.39 Å². The van der Waals surface area contributed by atoms with Crippen LogP contribution in [0.25, 0.3) is 10.2 Å². The number of anilines is 1. The number of halogens is 2. The summed E-state index contributed by atoms with van der Waals surface area (Å²) >= 11 is 7.68. The number of hydrogen-bond acceptors (Lipinski definition) is 3. The second-order valence-electron chi connectivity index (χ2n) is 4.57. The number of nitrogens with one attached hydrogen (secondary N) is 1. The molecule has 5 heteroatoms. The van der Waals surface area contributed by atoms with Gasteiger partial charge in [-0.05, 0) is 42.8 Å². The van der Waals surface area contributed by atoms with Gasteiger partial charge in [0.1, 0.15) is 5.82 Å². The molecule has 0 aliphatic carbocycles. The maximum absolute atomic E-state index is 13.1. The summed E-state index contributed by atoms with van der Waals surface area (Å²) in [6.07, 6.45) is 0. The highest BCUT2D eigenvalue weighted by atomic mass is 35.5. The van der Waals surface area contributed by atoms with E-state index in [1.165, 1.54) is 12.1 Å². The molecule has 1 aromatic heterocycles. The Morgan fingerprint density at radius 1 is 1.25 bits per heavy atom. The van der Waals surface area contributed by atoms with E-state index in [0.717, 1.165) is 21.5 Å². The molecular formula is C15H12ClFN2S. The van der Waals surface area contributed by atoms with E-state index >= 15 is 0 Å². The summed E-state index contributed by atoms with van der Waals surface area (Å²) in [6.45, 7) is 2.00. The number of hydrogen-bond donors (Lipinski definition) is 1. The first-order valence-electron chi connectivity index (χ1n) is 6.18. The largest absolute Gasteiger partial charge is 0.378 e. The van der Waals surface area contributed by atoms with E-state index in [4.69, 9.17) is 11.6 Å². The first kappa shape index (κ1) is 13.3. The molecule has 0 spiro atoms. The first-order chi connectivity index (χ1) is 9.63. The van der Waals surface area contributed by atoms with Crippen molar-refractivity contribution in [1.29, 1.82) is 0 Å². The molecule has 1 heterocycles. The van der Waals surface area contributed by atoms with E-state index in [-0.39, 0.29) is 11.9 Å². The average Bonchev–Trinajstić information content (AvgIpc) is 2.85. The summed E-state index contributed by atoms with van der Waals surface area (Å²) in [7, 11) is 0. The lowest BCUT2D eigenvalue weighted by molar-refractivity contribution is 0.626. The zero-order chi connectivity index (χ0) is 14.1. The van der Waals surface area contributed by atoms with Crippen LogP contribution in [0.1, 0.15) is 18.5 Å². The van der Waals surface area contributed by atoms with E-state index in [0.29, 0.717) is 5.02 Å². The van der Waals surface area contributed by atoms with Crippen LogP contribution in [-0.2, 0) is 0 Å². The van der Waals surface area contributed by atoms with Gasteiger partial charge in [0.15, 0.2) is 0 Å². The molecule has 0 fully saturated rings. The van der Waals surface area contributed by atoms with E-state index in [2.05, 4.69) is 16.4 Å². The van der Waals surface area contributed by atoms with Gasteiger partial charge in [-0.25, -0.2) is 9.37 Å². The molecule has 2 nitrogen and oxygen atoms in total. The fourth-order valence-corrected chi connectivity index (χ4v) is 3.17. The Morgan fingerprint density at radius 3 is 2.90 bits per heavy atom. The number of thiazole rings is 1. The summed E-state index contributed by atoms with van der Waals surface area (Å²) in [6, 6.07) is 10.5. The number of fused-ring (bicyclic) bond motifs is 1. The van der Waals surface area contributed by atoms with Crippen molar-refractivity contribution in [1.82, 2.24) is 4.98 Å². The lowest BCUT2D eigenvalue weighted by Crippen LogP contribution is -2.07. The predicted molar refractivity (Wildman–Crippen MR) is 83.1 cm³/mol. The Bertz CT molecular complexity index is 756. The fraction of sp³-hybridized carbons (Fsp3) is 0.133. The second-order valence-corrected chi connectivity index (χ2v) is 5.86. The summed E-state index contributed by atoms with van der Waals surface area (Å²) < 4.78 is 14.2. The van der Waals surface area contributed by atoms with Gasteiger partial charge in [-0.3, -0.25) is 0 Å². The molecule has 0 bridgehead atoms. The Hall–Kier alpha value is -1.65. The van der Waals surface area contributed by atoms with Crippen molar-refractivity contribution < 1.29 is 4.39 Å². The van der Waals surface area contributed by atoms with Gasteiger partial charge in [0, 0.05) is 16.8 Å². The third kappa shape index (κ3) is 2.62. The van der Waals surface area contributed by atoms with Crippen molar-refractivity contribution in [2.75, 3.05) is 5.32 Å². The lowest BCUT2D eigenvalue weighted by Gasteiger charge is -2.17. The van der Waals surface area contributed by atoms with Gasteiger partial charge in [0.05, 0.1) is 15.7 Å². The molecule has 0 aliphatic heterocycles. The minimum absolute atomic E-state index is 0.00604. The third-order valence-electron chi connectivity index (χ3n) is 3.14. The van der Waals surface area contributed by atoms with Gasteiger partial charge in [0.25, 0.3) is 0 Å². The van der Waals surface area contributed by atoms with Crippen LogP contribution in [0.2, 0.25) is 5.02 Å². The summed E-state index contributed by atoms with van der Waals surface area (Å²) in [5.41, 5.74) is 4.69. The second kappa shape index (κ2) is 5.38. The highest BCUT2D eigenvalue weighted by molar-refractivity contribution is 7.16. The fourth-order valence-electron chi connectivity index (χ4n) is 2.13. The molecule has 20 heavy (non-hydrogen) atoms. The van der Waals surface area contributed by atoms with Crippen LogP contribution in [0.5, 0.6) is 0 Å². The summed E-state index contributed by atoms with van der Waals surface area (Å²) in [5, 5.41) is 3.81. The van der Waals surface area contributed by atoms with Crippen LogP contribution >= 0.6 is 22.9 Å². The lowest BCUT2D eigenvalue weighted by atomic mass is 10.1. The van der Waals surface area contributed by atoms with Crippen molar-refractivity contribution in [3.05, 3.63) is 58.3 Å². The highest BCUT2D eigenvalue weighted by Crippen LogP contribution is 2.28. The molecule has 1 atom stereocenters. The number of nitrogens with zero attached hydrogens (tertiary/aromatic N) is 1. The Morgan fingerprint density at radius 2 is 2.10 bits per heavy atom. The Kier molecular flexibility index (Phi) is 3.59. The number of benzene rings is 2. The topological polar surface area (TPSA) is 24.9 Å². The monoisotopic (exact) mass is 306 g/mol. The maximum Gasteiger partial charge on any atom is 0.124 e. The van der Waals surface area contributed by atoms with E-state index < -0.39 is 0 Å². The normalized spacial score (nSPS) is 12.6. The van der Waals surface area contributed by atoms with Crippen LogP contribution in [0.4, 0.5) is 10.1 Å². The molecular weight excluding hydrogens is 295 g/mol. The quantitative estimate of drug-likeness (QED) is 0.713. The molecule has 0 radical (unpaired) electrons. The van der Waals surface area contributed by atoms with Gasteiger partial charge in [-0.1, -0.05) is 17.7 Å². The van der Waals surface area contributed by atoms with Crippen molar-refractivity contribution >= 4 is 38.8 Å². The standard InChI is InChI=1S/C15H12ClFN2S/c1-9(12-4-2-10(17)6-13(12)16)19-11-3-5-14-15(7-11)20-8-18-14/h2-9,19H,1H3. The third-order valence-corrected chi connectivity index (χ3v) is 4.26. The molecule has 0 saturated heterocycles. The molecule has 3 rings (SSSR count). The maximum atomic E-state index is 13.1. The van der Waals surface area contributed by atoms with E-state index in [1.807, 2.05) is 24.6 Å². The molecule has 0 saturated carbocycles. The van der Waals surface area contributed by atoms with Gasteiger partial charge in [-0.15, -0.1) is 11.3 Å². The Labute approximate surface area is 125 Å². The smallest absolute Gasteiger partial charge is 0.124 e. The minimum Gasteiger partial charge on any atom is -0.378 e. The van der Waals surface area contributed by atoms with Crippen molar-refractivity contribution in [2.24, 2.45) is 0 Å². The van der Waals surface area contributed by atoms with E-state index in [1.54, 1.807) is 17.4 Å². The molecule has 3 aromatic rings. The number of aromatic nitrogens is 1. The van der Waals surface area contributed by atoms with Crippen LogP contribution < -0.4 is 5.32 Å². The minimum atomic E-state index is -0.322. The molecule has 1 N–H and O–H groups in total. The van der Waals surface area contributed by atoms with Gasteiger partial charge < -0.3 is 5.32 Å². The van der Waals surface area contributed by atoms with Crippen LogP contribution in [0, 0.1) is 5.82 Å². The molecule has 2 aromatic carbocycles. The SMILES string of the molecule is CC(Nc1ccc2ncsc2c1)c1ccc(F)cc1Cl. The summed E-state index contributed by atoms with van der Waals surface area (Å²) in [4.78, 5) is 4.25. The molecule has 0 amide bonds. The first-order valence-corrected chi connectivity index (χ1v) is 7.44. The summed E-state index contributed by atoms with van der Waals surface area (Å²) in [5.74, 6) is -0.322.